The molecule has 0 aromatic carbocycles. The molecule has 0 aliphatic carbocycles. The van der Waals surface area contributed by atoms with E-state index in [0.29, 0.717) is 0 Å². The third kappa shape index (κ3) is 2.96. The Morgan fingerprint density at radius 1 is 1.44 bits per heavy atom. The zero-order valence-corrected chi connectivity index (χ0v) is 10.9. The summed E-state index contributed by atoms with van der Waals surface area (Å²) >= 11 is 0. The number of hydrogen-bond donors (Lipinski definition) is 1. The van der Waals surface area contributed by atoms with Gasteiger partial charge in [-0.25, -0.2) is 0 Å². The lowest BCUT2D eigenvalue weighted by atomic mass is 10.2. The fourth-order valence-electron chi connectivity index (χ4n) is 1.84. The number of anilines is 1. The number of methoxy groups -OCH3 is 1. The van der Waals surface area contributed by atoms with Gasteiger partial charge in [-0.2, -0.15) is 5.10 Å². The Morgan fingerprint density at radius 2 is 2.12 bits per heavy atom. The zero-order chi connectivity index (χ0) is 12.1. The van der Waals surface area contributed by atoms with Crippen LogP contribution >= 0.6 is 0 Å². The van der Waals surface area contributed by atoms with Crippen molar-refractivity contribution < 1.29 is 4.74 Å². The van der Waals surface area contributed by atoms with Crippen molar-refractivity contribution in [2.45, 2.75) is 13.5 Å². The molecule has 1 rings (SSSR count). The van der Waals surface area contributed by atoms with Gasteiger partial charge in [0.1, 0.15) is 5.82 Å². The Balaban J connectivity index is 2.70. The van der Waals surface area contributed by atoms with Crippen LogP contribution in [0.2, 0.25) is 0 Å². The molecule has 0 saturated carbocycles. The molecule has 5 nitrogen and oxygen atoms in total. The van der Waals surface area contributed by atoms with Crippen LogP contribution in [0.15, 0.2) is 0 Å². The van der Waals surface area contributed by atoms with Crippen LogP contribution in [-0.4, -0.2) is 44.1 Å². The van der Waals surface area contributed by atoms with Gasteiger partial charge in [0.05, 0.1) is 12.3 Å². The summed E-state index contributed by atoms with van der Waals surface area (Å²) in [4.78, 5) is 2.09. The van der Waals surface area contributed by atoms with E-state index in [0.717, 1.165) is 31.2 Å². The van der Waals surface area contributed by atoms with Gasteiger partial charge in [0.15, 0.2) is 0 Å². The van der Waals surface area contributed by atoms with E-state index in [9.17, 15) is 0 Å². The monoisotopic (exact) mass is 226 g/mol. The molecule has 0 fully saturated rings. The minimum atomic E-state index is 0.733. The molecule has 0 atom stereocenters. The number of hydrogen-bond acceptors (Lipinski definition) is 4. The molecule has 0 aliphatic rings. The molecule has 1 aromatic rings. The van der Waals surface area contributed by atoms with Gasteiger partial charge in [0, 0.05) is 46.9 Å². The maximum atomic E-state index is 5.00. The minimum Gasteiger partial charge on any atom is -0.383 e. The Morgan fingerprint density at radius 3 is 2.69 bits per heavy atom. The largest absolute Gasteiger partial charge is 0.383 e. The lowest BCUT2D eigenvalue weighted by molar-refractivity contribution is 0.199. The van der Waals surface area contributed by atoms with Gasteiger partial charge in [-0.05, 0) is 6.92 Å². The molecule has 0 unspecified atom stereocenters. The van der Waals surface area contributed by atoms with Crippen LogP contribution in [0.3, 0.4) is 0 Å². The maximum absolute atomic E-state index is 5.00. The molecule has 0 saturated heterocycles. The van der Waals surface area contributed by atoms with E-state index in [4.69, 9.17) is 4.74 Å². The third-order valence-corrected chi connectivity index (χ3v) is 2.52. The molecule has 5 heteroatoms. The van der Waals surface area contributed by atoms with Crippen molar-refractivity contribution in [1.82, 2.24) is 15.1 Å². The van der Waals surface area contributed by atoms with Gasteiger partial charge in [-0.3, -0.25) is 4.68 Å². The summed E-state index contributed by atoms with van der Waals surface area (Å²) in [5.41, 5.74) is 2.33. The van der Waals surface area contributed by atoms with Crippen molar-refractivity contribution in [2.24, 2.45) is 7.05 Å². The number of nitrogens with one attached hydrogen (secondary N) is 1. The number of nitrogens with zero attached hydrogens (tertiary/aromatic N) is 3. The van der Waals surface area contributed by atoms with Crippen molar-refractivity contribution in [2.75, 3.05) is 39.3 Å². The number of aromatic nitrogens is 2. The van der Waals surface area contributed by atoms with Crippen molar-refractivity contribution in [3.8, 4) is 0 Å². The van der Waals surface area contributed by atoms with E-state index in [1.807, 2.05) is 32.7 Å². The molecule has 0 spiro atoms. The molecular weight excluding hydrogens is 204 g/mol. The van der Waals surface area contributed by atoms with Crippen LogP contribution in [0, 0.1) is 6.92 Å². The van der Waals surface area contributed by atoms with Crippen molar-refractivity contribution in [3.63, 3.8) is 0 Å². The third-order valence-electron chi connectivity index (χ3n) is 2.52. The summed E-state index contributed by atoms with van der Waals surface area (Å²) < 4.78 is 6.92. The van der Waals surface area contributed by atoms with Crippen molar-refractivity contribution in [3.05, 3.63) is 11.3 Å². The molecule has 1 aromatic heterocycles. The van der Waals surface area contributed by atoms with E-state index in [1.54, 1.807) is 7.11 Å². The first-order chi connectivity index (χ1) is 7.57. The highest BCUT2D eigenvalue weighted by Gasteiger charge is 2.13. The Bertz CT molecular complexity index is 333. The molecule has 0 bridgehead atoms. The number of ether oxygens (including phenoxy) is 1. The first kappa shape index (κ1) is 13.0. The quantitative estimate of drug-likeness (QED) is 0.719. The van der Waals surface area contributed by atoms with E-state index >= 15 is 0 Å². The summed E-state index contributed by atoms with van der Waals surface area (Å²) in [6.07, 6.45) is 0. The molecule has 1 heterocycles. The van der Waals surface area contributed by atoms with Crippen LogP contribution in [0.25, 0.3) is 0 Å². The predicted octanol–water partition coefficient (Wildman–Crippen LogP) is 0.531. The predicted molar refractivity (Wildman–Crippen MR) is 65.9 cm³/mol. The molecule has 92 valence electrons. The maximum Gasteiger partial charge on any atom is 0.130 e. The first-order valence-corrected chi connectivity index (χ1v) is 5.47. The summed E-state index contributed by atoms with van der Waals surface area (Å²) in [7, 11) is 7.76. The van der Waals surface area contributed by atoms with E-state index in [-0.39, 0.29) is 0 Å². The minimum absolute atomic E-state index is 0.733. The average molecular weight is 226 g/mol. The summed E-state index contributed by atoms with van der Waals surface area (Å²) in [5.74, 6) is 1.16. The van der Waals surface area contributed by atoms with Gasteiger partial charge in [-0.1, -0.05) is 0 Å². The van der Waals surface area contributed by atoms with Gasteiger partial charge >= 0.3 is 0 Å². The summed E-state index contributed by atoms with van der Waals surface area (Å²) in [6, 6.07) is 0. The highest BCUT2D eigenvalue weighted by atomic mass is 16.5. The zero-order valence-electron chi connectivity index (χ0n) is 10.9. The Kier molecular flexibility index (Phi) is 4.76. The molecule has 0 aliphatic heterocycles. The van der Waals surface area contributed by atoms with Crippen molar-refractivity contribution in [1.29, 1.82) is 0 Å². The second kappa shape index (κ2) is 5.86. The highest BCUT2D eigenvalue weighted by molar-refractivity contribution is 5.48. The van der Waals surface area contributed by atoms with Gasteiger partial charge in [-0.15, -0.1) is 0 Å². The second-order valence-corrected chi connectivity index (χ2v) is 4.08. The highest BCUT2D eigenvalue weighted by Crippen LogP contribution is 2.20. The van der Waals surface area contributed by atoms with Gasteiger partial charge < -0.3 is 15.0 Å². The molecule has 0 radical (unpaired) electrons. The first-order valence-electron chi connectivity index (χ1n) is 5.47. The Hall–Kier alpha value is -1.07. The van der Waals surface area contributed by atoms with Gasteiger partial charge in [0.2, 0.25) is 0 Å². The van der Waals surface area contributed by atoms with Crippen LogP contribution in [0.5, 0.6) is 0 Å². The van der Waals surface area contributed by atoms with Crippen LogP contribution in [-0.2, 0) is 18.3 Å². The van der Waals surface area contributed by atoms with Crippen LogP contribution in [0.1, 0.15) is 11.3 Å². The molecule has 16 heavy (non-hydrogen) atoms. The normalized spacial score (nSPS) is 10.8. The fraction of sp³-hybridized carbons (Fsp3) is 0.727. The lowest BCUT2D eigenvalue weighted by Gasteiger charge is -2.15. The lowest BCUT2D eigenvalue weighted by Crippen LogP contribution is -2.21. The number of aryl methyl sites for hydroxylation is 2. The van der Waals surface area contributed by atoms with Crippen LogP contribution < -0.4 is 10.2 Å². The van der Waals surface area contributed by atoms with E-state index < -0.39 is 0 Å². The fourth-order valence-corrected chi connectivity index (χ4v) is 1.84. The van der Waals surface area contributed by atoms with Crippen LogP contribution in [0.4, 0.5) is 5.82 Å². The topological polar surface area (TPSA) is 42.3 Å². The van der Waals surface area contributed by atoms with Crippen molar-refractivity contribution >= 4 is 5.82 Å². The number of rotatable bonds is 6. The molecule has 0 amide bonds. The Labute approximate surface area is 97.4 Å². The summed E-state index contributed by atoms with van der Waals surface area (Å²) in [5, 5.41) is 7.78. The standard InChI is InChI=1S/C11H22N4O/c1-9-10(8-12-6-7-16-5)11(14(2)3)15(4)13-9/h12H,6-8H2,1-5H3. The average Bonchev–Trinajstić information content (AvgIpc) is 2.48. The molecular formula is C11H22N4O. The molecule has 1 N–H and O–H groups in total. The van der Waals surface area contributed by atoms with E-state index in [1.165, 1.54) is 5.56 Å². The summed E-state index contributed by atoms with van der Waals surface area (Å²) in [6.45, 7) is 4.46. The second-order valence-electron chi connectivity index (χ2n) is 4.08. The van der Waals surface area contributed by atoms with Gasteiger partial charge in [0.25, 0.3) is 0 Å². The SMILES string of the molecule is COCCNCc1c(C)nn(C)c1N(C)C. The van der Waals surface area contributed by atoms with E-state index in [2.05, 4.69) is 15.3 Å². The smallest absolute Gasteiger partial charge is 0.130 e.